The summed E-state index contributed by atoms with van der Waals surface area (Å²) in [6.45, 7) is 1.50. The molecule has 8 heteroatoms. The highest BCUT2D eigenvalue weighted by Gasteiger charge is 2.37. The van der Waals surface area contributed by atoms with E-state index in [4.69, 9.17) is 24.1 Å². The monoisotopic (exact) mass is 520 g/mol. The van der Waals surface area contributed by atoms with Crippen LogP contribution in [0.3, 0.4) is 0 Å². The molecule has 0 radical (unpaired) electrons. The number of carbonyl (C=O) groups is 3. The normalized spacial score (nSPS) is 11.2. The summed E-state index contributed by atoms with van der Waals surface area (Å²) in [5.74, 6) is -3.22. The van der Waals surface area contributed by atoms with Gasteiger partial charge in [-0.2, -0.15) is 0 Å². The number of carboxylic acids is 1. The van der Waals surface area contributed by atoms with Gasteiger partial charge in [-0.25, -0.2) is 4.79 Å². The molecule has 3 aromatic carbocycles. The van der Waals surface area contributed by atoms with E-state index in [1.54, 1.807) is 0 Å². The molecule has 0 aliphatic rings. The van der Waals surface area contributed by atoms with Crippen molar-refractivity contribution < 1.29 is 38.4 Å². The third-order valence-electron chi connectivity index (χ3n) is 5.74. The fourth-order valence-corrected chi connectivity index (χ4v) is 3.95. The van der Waals surface area contributed by atoms with Gasteiger partial charge in [-0.1, -0.05) is 91.0 Å². The van der Waals surface area contributed by atoms with Gasteiger partial charge in [0.15, 0.2) is 0 Å². The Bertz CT molecular complexity index is 1040. The molecule has 200 valence electrons. The molecule has 0 saturated carbocycles. The number of benzene rings is 3. The quantitative estimate of drug-likeness (QED) is 0.123. The minimum absolute atomic E-state index is 0.0109. The molecule has 0 amide bonds. The van der Waals surface area contributed by atoms with Crippen molar-refractivity contribution in [1.82, 2.24) is 0 Å². The second-order valence-corrected chi connectivity index (χ2v) is 8.30. The Kier molecular flexibility index (Phi) is 11.6. The van der Waals surface area contributed by atoms with Crippen molar-refractivity contribution in [2.75, 3.05) is 39.6 Å². The van der Waals surface area contributed by atoms with Gasteiger partial charge in [-0.15, -0.1) is 0 Å². The molecule has 38 heavy (non-hydrogen) atoms. The molecule has 3 rings (SSSR count). The first kappa shape index (κ1) is 28.7. The van der Waals surface area contributed by atoms with Gasteiger partial charge < -0.3 is 24.1 Å². The SMILES string of the molecule is O=C(CCC(=O)C(=O)O)OCCOCCOCCOC(c1ccccc1)(c1ccccc1)c1ccccc1. The van der Waals surface area contributed by atoms with Crippen molar-refractivity contribution in [3.8, 4) is 0 Å². The van der Waals surface area contributed by atoms with E-state index in [2.05, 4.69) is 36.4 Å². The molecular formula is C30H32O8. The maximum Gasteiger partial charge on any atom is 0.372 e. The van der Waals surface area contributed by atoms with Gasteiger partial charge in [0.1, 0.15) is 12.2 Å². The third kappa shape index (κ3) is 8.34. The first-order valence-corrected chi connectivity index (χ1v) is 12.4. The molecule has 0 saturated heterocycles. The number of carboxylic acid groups (broad SMARTS) is 1. The number of esters is 1. The second-order valence-electron chi connectivity index (χ2n) is 8.30. The van der Waals surface area contributed by atoms with Crippen molar-refractivity contribution in [2.24, 2.45) is 0 Å². The summed E-state index contributed by atoms with van der Waals surface area (Å²) in [6, 6.07) is 30.3. The maximum absolute atomic E-state index is 11.5. The van der Waals surface area contributed by atoms with Crippen LogP contribution in [0, 0.1) is 0 Å². The highest BCUT2D eigenvalue weighted by Crippen LogP contribution is 2.40. The summed E-state index contributed by atoms with van der Waals surface area (Å²) in [6.07, 6.45) is -0.657. The van der Waals surface area contributed by atoms with Crippen LogP contribution in [0.25, 0.3) is 0 Å². The minimum atomic E-state index is -1.56. The fraction of sp³-hybridized carbons (Fsp3) is 0.300. The molecule has 0 aliphatic heterocycles. The molecule has 0 heterocycles. The number of aliphatic carboxylic acids is 1. The van der Waals surface area contributed by atoms with E-state index < -0.39 is 23.3 Å². The maximum atomic E-state index is 11.5. The van der Waals surface area contributed by atoms with E-state index in [1.165, 1.54) is 0 Å². The molecule has 0 aromatic heterocycles. The van der Waals surface area contributed by atoms with E-state index in [0.717, 1.165) is 16.7 Å². The van der Waals surface area contributed by atoms with Crippen LogP contribution in [0.5, 0.6) is 0 Å². The first-order valence-electron chi connectivity index (χ1n) is 12.4. The molecular weight excluding hydrogens is 488 g/mol. The lowest BCUT2D eigenvalue weighted by Gasteiger charge is -2.36. The summed E-state index contributed by atoms with van der Waals surface area (Å²) in [4.78, 5) is 32.9. The third-order valence-corrected chi connectivity index (χ3v) is 5.74. The topological polar surface area (TPSA) is 108 Å². The van der Waals surface area contributed by atoms with E-state index in [1.807, 2.05) is 54.6 Å². The van der Waals surface area contributed by atoms with Crippen LogP contribution in [0.2, 0.25) is 0 Å². The van der Waals surface area contributed by atoms with Gasteiger partial charge in [-0.3, -0.25) is 9.59 Å². The van der Waals surface area contributed by atoms with Crippen LogP contribution in [0.1, 0.15) is 29.5 Å². The number of ether oxygens (including phenoxy) is 4. The van der Waals surface area contributed by atoms with Crippen LogP contribution in [0.15, 0.2) is 91.0 Å². The van der Waals surface area contributed by atoms with Crippen molar-refractivity contribution in [3.05, 3.63) is 108 Å². The Labute approximate surface area is 222 Å². The van der Waals surface area contributed by atoms with Gasteiger partial charge in [0.05, 0.1) is 39.5 Å². The Balaban J connectivity index is 1.46. The largest absolute Gasteiger partial charge is 0.476 e. The van der Waals surface area contributed by atoms with E-state index in [0.29, 0.717) is 26.4 Å². The lowest BCUT2D eigenvalue weighted by Crippen LogP contribution is -2.34. The van der Waals surface area contributed by atoms with Crippen LogP contribution in [-0.2, 0) is 38.9 Å². The number of hydrogen-bond acceptors (Lipinski definition) is 7. The Morgan fingerprint density at radius 1 is 0.579 bits per heavy atom. The summed E-state index contributed by atoms with van der Waals surface area (Å²) in [5.41, 5.74) is 2.25. The van der Waals surface area contributed by atoms with Crippen LogP contribution in [-0.4, -0.2) is 62.5 Å². The number of ketones is 1. The molecule has 0 bridgehead atoms. The first-order chi connectivity index (χ1) is 18.5. The Morgan fingerprint density at radius 3 is 1.45 bits per heavy atom. The number of rotatable bonds is 17. The van der Waals surface area contributed by atoms with Crippen LogP contribution < -0.4 is 0 Å². The molecule has 0 atom stereocenters. The molecule has 0 fully saturated rings. The van der Waals surface area contributed by atoms with Gasteiger partial charge >= 0.3 is 11.9 Å². The van der Waals surface area contributed by atoms with Gasteiger partial charge in [0.2, 0.25) is 5.78 Å². The molecule has 0 spiro atoms. The van der Waals surface area contributed by atoms with Crippen LogP contribution >= 0.6 is 0 Å². The lowest BCUT2D eigenvalue weighted by atomic mass is 9.80. The zero-order valence-electron chi connectivity index (χ0n) is 21.1. The van der Waals surface area contributed by atoms with Crippen molar-refractivity contribution in [1.29, 1.82) is 0 Å². The van der Waals surface area contributed by atoms with Crippen molar-refractivity contribution >= 4 is 17.7 Å². The van der Waals surface area contributed by atoms with E-state index in [9.17, 15) is 14.4 Å². The summed E-state index contributed by atoms with van der Waals surface area (Å²) < 4.78 is 22.6. The van der Waals surface area contributed by atoms with Gasteiger partial charge in [0, 0.05) is 6.42 Å². The molecule has 0 unspecified atom stereocenters. The van der Waals surface area contributed by atoms with Gasteiger partial charge in [0.25, 0.3) is 0 Å². The van der Waals surface area contributed by atoms with E-state index >= 15 is 0 Å². The minimum Gasteiger partial charge on any atom is -0.476 e. The zero-order chi connectivity index (χ0) is 27.1. The van der Waals surface area contributed by atoms with E-state index in [-0.39, 0.29) is 26.1 Å². The predicted octanol–water partition coefficient (Wildman–Crippen LogP) is 4.01. The fourth-order valence-electron chi connectivity index (χ4n) is 3.95. The Hall–Kier alpha value is -3.85. The average Bonchev–Trinajstić information content (AvgIpc) is 2.96. The van der Waals surface area contributed by atoms with Crippen molar-refractivity contribution in [2.45, 2.75) is 18.4 Å². The number of carbonyl (C=O) groups excluding carboxylic acids is 2. The molecule has 3 aromatic rings. The summed E-state index contributed by atoms with van der Waals surface area (Å²) >= 11 is 0. The summed E-state index contributed by atoms with van der Waals surface area (Å²) in [5, 5.41) is 8.50. The molecule has 1 N–H and O–H groups in total. The average molecular weight is 521 g/mol. The summed E-state index contributed by atoms with van der Waals surface area (Å²) in [7, 11) is 0. The lowest BCUT2D eigenvalue weighted by molar-refractivity contribution is -0.151. The number of hydrogen-bond donors (Lipinski definition) is 1. The van der Waals surface area contributed by atoms with Crippen molar-refractivity contribution in [3.63, 3.8) is 0 Å². The molecule has 8 nitrogen and oxygen atoms in total. The van der Waals surface area contributed by atoms with Crippen LogP contribution in [0.4, 0.5) is 0 Å². The number of Topliss-reactive ketones (excluding diaryl/α,β-unsaturated/α-hetero) is 1. The molecule has 0 aliphatic carbocycles. The second kappa shape index (κ2) is 15.4. The smallest absolute Gasteiger partial charge is 0.372 e. The predicted molar refractivity (Wildman–Crippen MR) is 140 cm³/mol. The highest BCUT2D eigenvalue weighted by molar-refractivity contribution is 6.32. The Morgan fingerprint density at radius 2 is 1.00 bits per heavy atom. The standard InChI is InChI=1S/C30H32O8/c31-27(29(33)34)16-17-28(32)37-22-20-35-18-19-36-21-23-38-30(24-10-4-1-5-11-24,25-12-6-2-7-13-25)26-14-8-3-9-15-26/h1-15H,16-23H2,(H,33,34). The van der Waals surface area contributed by atoms with Gasteiger partial charge in [-0.05, 0) is 16.7 Å². The zero-order valence-corrected chi connectivity index (χ0v) is 21.1. The highest BCUT2D eigenvalue weighted by atomic mass is 16.6.